The van der Waals surface area contributed by atoms with E-state index < -0.39 is 5.25 Å². The van der Waals surface area contributed by atoms with Gasteiger partial charge in [-0.25, -0.2) is 0 Å². The van der Waals surface area contributed by atoms with E-state index >= 15 is 0 Å². The molecule has 1 aliphatic heterocycles. The topological polar surface area (TPSA) is 58.2 Å². The zero-order valence-electron chi connectivity index (χ0n) is 13.4. The number of thioether (sulfide) groups is 1. The highest BCUT2D eigenvalue weighted by Gasteiger charge is 2.30. The molecular weight excluding hydrogens is 356 g/mol. The van der Waals surface area contributed by atoms with E-state index in [0.29, 0.717) is 10.7 Å². The second-order valence-corrected chi connectivity index (χ2v) is 7.98. The Labute approximate surface area is 155 Å². The Morgan fingerprint density at radius 1 is 1.28 bits per heavy atom. The molecule has 0 saturated heterocycles. The van der Waals surface area contributed by atoms with Crippen LogP contribution in [-0.4, -0.2) is 17.1 Å². The van der Waals surface area contributed by atoms with Gasteiger partial charge < -0.3 is 10.6 Å². The average Bonchev–Trinajstić information content (AvgIpc) is 2.99. The molecule has 128 valence electrons. The lowest BCUT2D eigenvalue weighted by Crippen LogP contribution is -2.35. The summed E-state index contributed by atoms with van der Waals surface area (Å²) >= 11 is 7.37. The molecule has 2 aliphatic rings. The van der Waals surface area contributed by atoms with E-state index in [0.717, 1.165) is 17.7 Å². The van der Waals surface area contributed by atoms with E-state index in [-0.39, 0.29) is 24.3 Å². The molecule has 2 N–H and O–H groups in total. The molecule has 0 bridgehead atoms. The minimum absolute atomic E-state index is 0.0476. The molecule has 25 heavy (non-hydrogen) atoms. The van der Waals surface area contributed by atoms with E-state index in [1.807, 2.05) is 18.2 Å². The highest BCUT2D eigenvalue weighted by Crippen LogP contribution is 2.38. The molecule has 2 unspecified atom stereocenters. The van der Waals surface area contributed by atoms with Crippen LogP contribution in [0.4, 0.5) is 5.69 Å². The number of carbonyl (C=O) groups is 2. The van der Waals surface area contributed by atoms with E-state index in [2.05, 4.69) is 22.8 Å². The summed E-state index contributed by atoms with van der Waals surface area (Å²) in [7, 11) is 0. The monoisotopic (exact) mass is 372 g/mol. The number of anilines is 1. The molecule has 0 aromatic heterocycles. The van der Waals surface area contributed by atoms with Gasteiger partial charge in [0, 0.05) is 16.3 Å². The summed E-state index contributed by atoms with van der Waals surface area (Å²) < 4.78 is 0. The Morgan fingerprint density at radius 2 is 2.12 bits per heavy atom. The molecule has 2 amide bonds. The maximum Gasteiger partial charge on any atom is 0.238 e. The quantitative estimate of drug-likeness (QED) is 0.857. The Morgan fingerprint density at radius 3 is 3.00 bits per heavy atom. The van der Waals surface area contributed by atoms with Crippen LogP contribution in [0.1, 0.15) is 30.0 Å². The van der Waals surface area contributed by atoms with Crippen molar-refractivity contribution in [2.24, 2.45) is 0 Å². The molecule has 0 fully saturated rings. The Kier molecular flexibility index (Phi) is 4.44. The summed E-state index contributed by atoms with van der Waals surface area (Å²) in [6, 6.07) is 13.6. The van der Waals surface area contributed by atoms with Gasteiger partial charge in [0.05, 0.1) is 17.0 Å². The highest BCUT2D eigenvalue weighted by atomic mass is 35.5. The van der Waals surface area contributed by atoms with Gasteiger partial charge in [0.2, 0.25) is 11.8 Å². The van der Waals surface area contributed by atoms with Crippen LogP contribution in [0.2, 0.25) is 5.02 Å². The fourth-order valence-electron chi connectivity index (χ4n) is 3.39. The normalized spacial score (nSPS) is 21.2. The second-order valence-electron chi connectivity index (χ2n) is 6.30. The fourth-order valence-corrected chi connectivity index (χ4v) is 4.65. The molecule has 0 spiro atoms. The summed E-state index contributed by atoms with van der Waals surface area (Å²) in [5.41, 5.74) is 3.20. The fraction of sp³-hybridized carbons (Fsp3) is 0.263. The molecule has 4 nitrogen and oxygen atoms in total. The Balaban J connectivity index is 1.42. The predicted octanol–water partition coefficient (Wildman–Crippen LogP) is 3.95. The second kappa shape index (κ2) is 6.73. The number of carbonyl (C=O) groups excluding carboxylic acids is 2. The molecule has 2 aromatic carbocycles. The van der Waals surface area contributed by atoms with E-state index in [1.165, 1.54) is 22.9 Å². The predicted molar refractivity (Wildman–Crippen MR) is 100.0 cm³/mol. The third-order valence-electron chi connectivity index (χ3n) is 4.60. The largest absolute Gasteiger partial charge is 0.349 e. The van der Waals surface area contributed by atoms with Gasteiger partial charge in [-0.1, -0.05) is 35.9 Å². The first kappa shape index (κ1) is 16.5. The lowest BCUT2D eigenvalue weighted by molar-refractivity contribution is -0.124. The molecule has 6 heteroatoms. The van der Waals surface area contributed by atoms with Crippen molar-refractivity contribution in [1.29, 1.82) is 0 Å². The molecule has 2 aromatic rings. The van der Waals surface area contributed by atoms with Gasteiger partial charge >= 0.3 is 0 Å². The SMILES string of the molecule is O=C(CC1Sc2ccc(Cl)cc2NC1=O)NC1CCc2ccccc21. The average molecular weight is 373 g/mol. The maximum atomic E-state index is 12.5. The Bertz CT molecular complexity index is 855. The van der Waals surface area contributed by atoms with Crippen molar-refractivity contribution < 1.29 is 9.59 Å². The van der Waals surface area contributed by atoms with Crippen LogP contribution >= 0.6 is 23.4 Å². The van der Waals surface area contributed by atoms with Gasteiger partial charge in [0.25, 0.3) is 0 Å². The zero-order valence-corrected chi connectivity index (χ0v) is 15.0. The summed E-state index contributed by atoms with van der Waals surface area (Å²) in [5.74, 6) is -0.242. The van der Waals surface area contributed by atoms with Crippen molar-refractivity contribution in [2.75, 3.05) is 5.32 Å². The van der Waals surface area contributed by atoms with Crippen LogP contribution in [0.5, 0.6) is 0 Å². The van der Waals surface area contributed by atoms with Crippen molar-refractivity contribution in [3.8, 4) is 0 Å². The number of rotatable bonds is 3. The van der Waals surface area contributed by atoms with Crippen molar-refractivity contribution in [2.45, 2.75) is 35.4 Å². The summed E-state index contributed by atoms with van der Waals surface area (Å²) in [6.45, 7) is 0. The Hall–Kier alpha value is -1.98. The van der Waals surface area contributed by atoms with E-state index in [4.69, 9.17) is 11.6 Å². The minimum Gasteiger partial charge on any atom is -0.349 e. The molecule has 0 saturated carbocycles. The first-order valence-corrected chi connectivity index (χ1v) is 9.50. The number of hydrogen-bond donors (Lipinski definition) is 2. The van der Waals surface area contributed by atoms with Crippen molar-refractivity contribution >= 4 is 40.9 Å². The van der Waals surface area contributed by atoms with Crippen molar-refractivity contribution in [3.63, 3.8) is 0 Å². The number of benzene rings is 2. The van der Waals surface area contributed by atoms with Gasteiger partial charge in [-0.3, -0.25) is 9.59 Å². The lowest BCUT2D eigenvalue weighted by Gasteiger charge is -2.24. The standard InChI is InChI=1S/C19H17ClN2O2S/c20-12-6-8-16-15(9-12)22-19(24)17(25-16)10-18(23)21-14-7-5-11-3-1-2-4-13(11)14/h1-4,6,8-9,14,17H,5,7,10H2,(H,21,23)(H,22,24). The lowest BCUT2D eigenvalue weighted by atomic mass is 10.1. The van der Waals surface area contributed by atoms with Crippen LogP contribution < -0.4 is 10.6 Å². The minimum atomic E-state index is -0.426. The molecule has 0 radical (unpaired) electrons. The van der Waals surface area contributed by atoms with E-state index in [9.17, 15) is 9.59 Å². The molecular formula is C19H17ClN2O2S. The van der Waals surface area contributed by atoms with Crippen LogP contribution in [0.15, 0.2) is 47.4 Å². The van der Waals surface area contributed by atoms with Crippen molar-refractivity contribution in [1.82, 2.24) is 5.32 Å². The van der Waals surface area contributed by atoms with E-state index in [1.54, 1.807) is 12.1 Å². The molecule has 2 atom stereocenters. The van der Waals surface area contributed by atoms with Gasteiger partial charge in [-0.05, 0) is 42.2 Å². The maximum absolute atomic E-state index is 12.5. The zero-order chi connectivity index (χ0) is 17.4. The third kappa shape index (κ3) is 3.39. The van der Waals surface area contributed by atoms with Crippen LogP contribution in [0.3, 0.4) is 0 Å². The number of amides is 2. The summed E-state index contributed by atoms with van der Waals surface area (Å²) in [5, 5.41) is 6.08. The summed E-state index contributed by atoms with van der Waals surface area (Å²) in [4.78, 5) is 25.7. The van der Waals surface area contributed by atoms with Gasteiger partial charge in [0.15, 0.2) is 0 Å². The number of fused-ring (bicyclic) bond motifs is 2. The summed E-state index contributed by atoms with van der Waals surface area (Å²) in [6.07, 6.45) is 2.06. The van der Waals surface area contributed by atoms with Crippen molar-refractivity contribution in [3.05, 3.63) is 58.6 Å². The number of nitrogens with one attached hydrogen (secondary N) is 2. The number of halogens is 1. The van der Waals surface area contributed by atoms with Crippen LogP contribution in [0.25, 0.3) is 0 Å². The smallest absolute Gasteiger partial charge is 0.238 e. The van der Waals surface area contributed by atoms with Crippen LogP contribution in [0, 0.1) is 0 Å². The first-order chi connectivity index (χ1) is 12.1. The highest BCUT2D eigenvalue weighted by molar-refractivity contribution is 8.01. The molecule has 1 heterocycles. The number of aryl methyl sites for hydroxylation is 1. The van der Waals surface area contributed by atoms with Gasteiger partial charge in [-0.15, -0.1) is 11.8 Å². The first-order valence-electron chi connectivity index (χ1n) is 8.24. The third-order valence-corrected chi connectivity index (χ3v) is 6.11. The van der Waals surface area contributed by atoms with Gasteiger partial charge in [-0.2, -0.15) is 0 Å². The van der Waals surface area contributed by atoms with Crippen LogP contribution in [-0.2, 0) is 16.0 Å². The molecule has 4 rings (SSSR count). The van der Waals surface area contributed by atoms with Gasteiger partial charge in [0.1, 0.15) is 0 Å². The number of hydrogen-bond acceptors (Lipinski definition) is 3. The molecule has 1 aliphatic carbocycles.